The molecule has 0 radical (unpaired) electrons. The van der Waals surface area contributed by atoms with Gasteiger partial charge in [-0.3, -0.25) is 9.79 Å². The summed E-state index contributed by atoms with van der Waals surface area (Å²) in [5.41, 5.74) is 1.48. The number of rotatable bonds is 6. The Morgan fingerprint density at radius 1 is 1.33 bits per heavy atom. The van der Waals surface area contributed by atoms with Gasteiger partial charge in [0.1, 0.15) is 10.9 Å². The molecule has 3 rings (SSSR count). The number of thioether (sulfide) groups is 1. The quantitative estimate of drug-likeness (QED) is 0.361. The highest BCUT2D eigenvalue weighted by Crippen LogP contribution is 2.32. The topological polar surface area (TPSA) is 80.4 Å². The molecule has 2 aromatic heterocycles. The first-order chi connectivity index (χ1) is 13.0. The molecule has 0 unspecified atom stereocenters. The van der Waals surface area contributed by atoms with Crippen molar-refractivity contribution in [3.63, 3.8) is 0 Å². The van der Waals surface area contributed by atoms with Crippen LogP contribution in [0.25, 0.3) is 0 Å². The Hall–Kier alpha value is -2.64. The maximum Gasteiger partial charge on any atom is 0.238 e. The number of nitrogens with zero attached hydrogens (tertiary/aromatic N) is 3. The van der Waals surface area contributed by atoms with Crippen LogP contribution in [0, 0.1) is 6.92 Å². The lowest BCUT2D eigenvalue weighted by atomic mass is 10.3. The number of nitrogens with one attached hydrogen (secondary N) is 1. The van der Waals surface area contributed by atoms with Crippen molar-refractivity contribution in [2.75, 3.05) is 5.32 Å². The number of hydrogen-bond acceptors (Lipinski definition) is 6. The molecular formula is C19H17ClN4O2S. The lowest BCUT2D eigenvalue weighted by Crippen LogP contribution is -2.22. The van der Waals surface area contributed by atoms with Crippen LogP contribution in [0.4, 0.5) is 11.5 Å². The molecular weight excluding hydrogens is 384 g/mol. The second kappa shape index (κ2) is 8.83. The largest absolute Gasteiger partial charge is 0.360 e. The summed E-state index contributed by atoms with van der Waals surface area (Å²) in [6.45, 7) is 3.59. The fourth-order valence-electron chi connectivity index (χ4n) is 2.19. The molecule has 2 heterocycles. The Balaban J connectivity index is 1.71. The maximum atomic E-state index is 12.4. The number of aromatic nitrogens is 2. The molecule has 1 amide bonds. The molecule has 0 saturated carbocycles. The maximum absolute atomic E-state index is 12.4. The number of aliphatic imine (C=N–C) groups is 1. The monoisotopic (exact) mass is 400 g/mol. The molecule has 0 bridgehead atoms. The van der Waals surface area contributed by atoms with E-state index < -0.39 is 0 Å². The van der Waals surface area contributed by atoms with Gasteiger partial charge in [-0.05, 0) is 38.1 Å². The molecule has 138 valence electrons. The molecule has 0 aliphatic rings. The third-order valence-corrected chi connectivity index (χ3v) is 5.03. The first kappa shape index (κ1) is 19.1. The highest BCUT2D eigenvalue weighted by molar-refractivity contribution is 8.00. The van der Waals surface area contributed by atoms with Crippen LogP contribution in [0.5, 0.6) is 0 Å². The SMILES string of the molecule is Cc1cc(NC(=O)[C@H](C)Sc2ccccc2N=Cc2cccnc2Cl)no1. The molecule has 0 aliphatic heterocycles. The first-order valence-corrected chi connectivity index (χ1v) is 9.43. The van der Waals surface area contributed by atoms with E-state index >= 15 is 0 Å². The number of pyridine rings is 1. The highest BCUT2D eigenvalue weighted by Gasteiger charge is 2.17. The average molecular weight is 401 g/mol. The summed E-state index contributed by atoms with van der Waals surface area (Å²) in [7, 11) is 0. The Bertz CT molecular complexity index is 974. The molecule has 1 aromatic carbocycles. The van der Waals surface area contributed by atoms with Gasteiger partial charge >= 0.3 is 0 Å². The van der Waals surface area contributed by atoms with E-state index in [1.165, 1.54) is 11.8 Å². The van der Waals surface area contributed by atoms with Crippen LogP contribution in [-0.4, -0.2) is 27.5 Å². The normalized spacial score (nSPS) is 12.3. The van der Waals surface area contributed by atoms with E-state index in [9.17, 15) is 4.79 Å². The summed E-state index contributed by atoms with van der Waals surface area (Å²) in [6.07, 6.45) is 3.29. The van der Waals surface area contributed by atoms with Gasteiger partial charge in [0, 0.05) is 28.9 Å². The van der Waals surface area contributed by atoms with Crippen molar-refractivity contribution in [1.29, 1.82) is 0 Å². The number of anilines is 1. The Labute approximate surface area is 166 Å². The van der Waals surface area contributed by atoms with Crippen LogP contribution >= 0.6 is 23.4 Å². The standard InChI is InChI=1S/C19H17ClN4O2S/c1-12-10-17(24-26-12)23-19(25)13(2)27-16-8-4-3-7-15(16)22-11-14-6-5-9-21-18(14)20/h3-11,13H,1-2H3,(H,23,24,25)/t13-/m0/s1. The highest BCUT2D eigenvalue weighted by atomic mass is 35.5. The zero-order valence-corrected chi connectivity index (χ0v) is 16.3. The van der Waals surface area contributed by atoms with E-state index in [2.05, 4.69) is 20.4 Å². The number of carbonyl (C=O) groups is 1. The number of aryl methyl sites for hydroxylation is 1. The van der Waals surface area contributed by atoms with Crippen LogP contribution in [-0.2, 0) is 4.79 Å². The van der Waals surface area contributed by atoms with Crippen LogP contribution in [0.3, 0.4) is 0 Å². The van der Waals surface area contributed by atoms with Crippen molar-refractivity contribution in [1.82, 2.24) is 10.1 Å². The van der Waals surface area contributed by atoms with E-state index in [1.54, 1.807) is 31.5 Å². The minimum atomic E-state index is -0.347. The number of hydrogen-bond donors (Lipinski definition) is 1. The van der Waals surface area contributed by atoms with Crippen molar-refractivity contribution >= 4 is 47.0 Å². The number of carbonyl (C=O) groups excluding carboxylic acids is 1. The van der Waals surface area contributed by atoms with Gasteiger partial charge in [0.15, 0.2) is 5.82 Å². The lowest BCUT2D eigenvalue weighted by Gasteiger charge is -2.12. The summed E-state index contributed by atoms with van der Waals surface area (Å²) < 4.78 is 4.96. The van der Waals surface area contributed by atoms with Gasteiger partial charge in [-0.15, -0.1) is 11.8 Å². The fourth-order valence-corrected chi connectivity index (χ4v) is 3.31. The number of para-hydroxylation sites is 1. The predicted molar refractivity (Wildman–Crippen MR) is 108 cm³/mol. The molecule has 3 aromatic rings. The third-order valence-electron chi connectivity index (χ3n) is 3.55. The van der Waals surface area contributed by atoms with Gasteiger partial charge in [0.05, 0.1) is 10.9 Å². The van der Waals surface area contributed by atoms with Crippen LogP contribution in [0.15, 0.2) is 63.1 Å². The predicted octanol–water partition coefficient (Wildman–Crippen LogP) is 4.90. The van der Waals surface area contributed by atoms with E-state index in [4.69, 9.17) is 16.1 Å². The molecule has 8 heteroatoms. The third kappa shape index (κ3) is 5.18. The summed E-state index contributed by atoms with van der Waals surface area (Å²) in [4.78, 5) is 21.8. The summed E-state index contributed by atoms with van der Waals surface area (Å²) in [6, 6.07) is 12.9. The van der Waals surface area contributed by atoms with E-state index in [0.29, 0.717) is 16.7 Å². The van der Waals surface area contributed by atoms with Crippen LogP contribution < -0.4 is 5.32 Å². The minimum absolute atomic E-state index is 0.164. The van der Waals surface area contributed by atoms with E-state index in [0.717, 1.165) is 16.1 Å². The fraction of sp³-hybridized carbons (Fsp3) is 0.158. The van der Waals surface area contributed by atoms with Gasteiger partial charge in [0.2, 0.25) is 5.91 Å². The average Bonchev–Trinajstić information content (AvgIpc) is 3.06. The van der Waals surface area contributed by atoms with E-state index in [-0.39, 0.29) is 11.2 Å². The molecule has 1 N–H and O–H groups in total. The van der Waals surface area contributed by atoms with Crippen molar-refractivity contribution in [2.45, 2.75) is 24.0 Å². The second-order valence-electron chi connectivity index (χ2n) is 5.68. The summed E-state index contributed by atoms with van der Waals surface area (Å²) >= 11 is 7.47. The first-order valence-electron chi connectivity index (χ1n) is 8.17. The van der Waals surface area contributed by atoms with Crippen molar-refractivity contribution in [2.24, 2.45) is 4.99 Å². The molecule has 0 saturated heterocycles. The Morgan fingerprint density at radius 2 is 2.15 bits per heavy atom. The molecule has 0 fully saturated rings. The van der Waals surface area contributed by atoms with Crippen molar-refractivity contribution in [3.8, 4) is 0 Å². The molecule has 1 atom stereocenters. The molecule has 0 aliphatic carbocycles. The smallest absolute Gasteiger partial charge is 0.238 e. The molecule has 27 heavy (non-hydrogen) atoms. The minimum Gasteiger partial charge on any atom is -0.360 e. The molecule has 0 spiro atoms. The zero-order chi connectivity index (χ0) is 19.2. The van der Waals surface area contributed by atoms with Gasteiger partial charge in [-0.2, -0.15) is 0 Å². The molecule has 6 nitrogen and oxygen atoms in total. The number of amides is 1. The number of halogens is 1. The Morgan fingerprint density at radius 3 is 2.89 bits per heavy atom. The van der Waals surface area contributed by atoms with Gasteiger partial charge in [-0.1, -0.05) is 28.9 Å². The number of benzene rings is 1. The summed E-state index contributed by atoms with van der Waals surface area (Å²) in [5.74, 6) is 0.879. The van der Waals surface area contributed by atoms with Gasteiger partial charge < -0.3 is 9.84 Å². The van der Waals surface area contributed by atoms with Crippen molar-refractivity contribution in [3.05, 3.63) is 65.1 Å². The van der Waals surface area contributed by atoms with Crippen molar-refractivity contribution < 1.29 is 9.32 Å². The zero-order valence-electron chi connectivity index (χ0n) is 14.7. The van der Waals surface area contributed by atoms with Crippen LogP contribution in [0.1, 0.15) is 18.2 Å². The Kier molecular flexibility index (Phi) is 6.26. The summed E-state index contributed by atoms with van der Waals surface area (Å²) in [5, 5.41) is 6.56. The van der Waals surface area contributed by atoms with Crippen LogP contribution in [0.2, 0.25) is 5.15 Å². The lowest BCUT2D eigenvalue weighted by molar-refractivity contribution is -0.115. The van der Waals surface area contributed by atoms with Gasteiger partial charge in [0.25, 0.3) is 0 Å². The van der Waals surface area contributed by atoms with E-state index in [1.807, 2.05) is 37.3 Å². The second-order valence-corrected chi connectivity index (χ2v) is 7.42. The van der Waals surface area contributed by atoms with Gasteiger partial charge in [-0.25, -0.2) is 4.98 Å².